The summed E-state index contributed by atoms with van der Waals surface area (Å²) in [5, 5.41) is 4.54. The number of primary amides is 1. The first kappa shape index (κ1) is 26.5. The van der Waals surface area contributed by atoms with E-state index in [4.69, 9.17) is 22.1 Å². The maximum Gasteiger partial charge on any atom is 0.410 e. The number of benzene rings is 3. The Kier molecular flexibility index (Phi) is 7.21. The summed E-state index contributed by atoms with van der Waals surface area (Å²) in [6.45, 7) is 8.79. The lowest BCUT2D eigenvalue weighted by atomic mass is 9.87. The number of nitrogens with zero attached hydrogens (tertiary/aromatic N) is 1. The molecule has 39 heavy (non-hydrogen) atoms. The number of likely N-dealkylation sites (tertiary alicyclic amines) is 1. The molecule has 0 atom stereocenters. The normalized spacial score (nSPS) is 13.7. The zero-order valence-electron chi connectivity index (χ0n) is 22.2. The van der Waals surface area contributed by atoms with Gasteiger partial charge in [0, 0.05) is 41.9 Å². The van der Waals surface area contributed by atoms with Crippen molar-refractivity contribution in [2.75, 3.05) is 18.4 Å². The molecule has 4 N–H and O–H groups in total. The minimum absolute atomic E-state index is 0.171. The molecule has 200 valence electrons. The molecule has 1 aromatic heterocycles. The molecule has 7 nitrogen and oxygen atoms in total. The van der Waals surface area contributed by atoms with Crippen molar-refractivity contribution in [1.82, 2.24) is 9.88 Å². The number of ether oxygens (including phenoxy) is 1. The molecule has 0 saturated carbocycles. The van der Waals surface area contributed by atoms with E-state index in [1.54, 1.807) is 24.3 Å². The first-order valence-corrected chi connectivity index (χ1v) is 13.1. The number of nitrogens with one attached hydrogen (secondary N) is 2. The average molecular weight is 543 g/mol. The summed E-state index contributed by atoms with van der Waals surface area (Å²) in [6.07, 6.45) is 3.09. The first-order valence-electron chi connectivity index (χ1n) is 12.8. The zero-order valence-corrected chi connectivity index (χ0v) is 22.9. The van der Waals surface area contributed by atoms with Crippen LogP contribution < -0.4 is 15.8 Å². The number of H-pyrrole nitrogens is 1. The van der Waals surface area contributed by atoms with E-state index in [0.29, 0.717) is 16.3 Å². The van der Waals surface area contributed by atoms with E-state index in [0.717, 1.165) is 36.3 Å². The molecule has 5 rings (SSSR count). The van der Waals surface area contributed by atoms with Gasteiger partial charge in [-0.25, -0.2) is 4.79 Å². The van der Waals surface area contributed by atoms with Crippen LogP contribution in [0.5, 0.6) is 5.75 Å². The van der Waals surface area contributed by atoms with Gasteiger partial charge >= 0.3 is 6.09 Å². The van der Waals surface area contributed by atoms with Crippen LogP contribution in [-0.2, 0) is 12.0 Å². The molecule has 3 aromatic carbocycles. The maximum absolute atomic E-state index is 13.1. The highest BCUT2D eigenvalue weighted by Gasteiger charge is 2.22. The van der Waals surface area contributed by atoms with Crippen LogP contribution >= 0.6 is 11.6 Å². The SMILES string of the molecule is CC(C)(C)c1ccc(OC(N)=O)c(NC(=O)c2ccc(C=C3CN(Cc4ccc5cc[nH]c5c4)C3)c(Cl)c2)c1. The Bertz CT molecular complexity index is 1590. The molecule has 1 fully saturated rings. The minimum atomic E-state index is -0.953. The Labute approximate surface area is 232 Å². The standard InChI is InChI=1S/C31H31ClN4O3/c1-31(2,3)24-8-9-28(39-30(33)38)27(15-24)35-29(37)23-7-6-22(25(32)14-23)12-20-17-36(18-20)16-19-4-5-21-10-11-34-26(21)13-19/h4-15,34H,16-18H2,1-3H3,(H2,33,38)(H,35,37). The Morgan fingerprint density at radius 2 is 1.87 bits per heavy atom. The number of carbonyl (C=O) groups is 2. The fourth-order valence-corrected chi connectivity index (χ4v) is 4.91. The summed E-state index contributed by atoms with van der Waals surface area (Å²) in [5.41, 5.74) is 11.3. The Morgan fingerprint density at radius 3 is 2.59 bits per heavy atom. The molecule has 1 aliphatic heterocycles. The third-order valence-electron chi connectivity index (χ3n) is 6.81. The first-order chi connectivity index (χ1) is 18.5. The second kappa shape index (κ2) is 10.6. The lowest BCUT2D eigenvalue weighted by molar-refractivity contribution is 0.102. The van der Waals surface area contributed by atoms with Gasteiger partial charge in [0.05, 0.1) is 5.69 Å². The van der Waals surface area contributed by atoms with Crippen molar-refractivity contribution in [2.45, 2.75) is 32.7 Å². The van der Waals surface area contributed by atoms with Gasteiger partial charge in [0.1, 0.15) is 0 Å². The number of fused-ring (bicyclic) bond motifs is 1. The Hall–Kier alpha value is -4.07. The van der Waals surface area contributed by atoms with Crippen LogP contribution in [0.15, 0.2) is 72.4 Å². The van der Waals surface area contributed by atoms with Crippen LogP contribution in [0.4, 0.5) is 10.5 Å². The van der Waals surface area contributed by atoms with Crippen molar-refractivity contribution >= 4 is 46.3 Å². The van der Waals surface area contributed by atoms with Gasteiger partial charge in [0.25, 0.3) is 5.91 Å². The van der Waals surface area contributed by atoms with Gasteiger partial charge in [0.2, 0.25) is 0 Å². The molecule has 2 heterocycles. The minimum Gasteiger partial charge on any atom is -0.408 e. The predicted octanol–water partition coefficient (Wildman–Crippen LogP) is 6.73. The van der Waals surface area contributed by atoms with Crippen molar-refractivity contribution in [3.63, 3.8) is 0 Å². The van der Waals surface area contributed by atoms with Crippen molar-refractivity contribution in [3.05, 3.63) is 99.7 Å². The highest BCUT2D eigenvalue weighted by Crippen LogP contribution is 2.32. The molecule has 1 aliphatic rings. The predicted molar refractivity (Wildman–Crippen MR) is 156 cm³/mol. The van der Waals surface area contributed by atoms with Crippen LogP contribution in [-0.4, -0.2) is 35.0 Å². The average Bonchev–Trinajstić information content (AvgIpc) is 3.31. The van der Waals surface area contributed by atoms with Crippen molar-refractivity contribution in [1.29, 1.82) is 0 Å². The molecule has 8 heteroatoms. The van der Waals surface area contributed by atoms with Crippen LogP contribution in [0.3, 0.4) is 0 Å². The molecule has 0 aliphatic carbocycles. The quantitative estimate of drug-likeness (QED) is 0.251. The van der Waals surface area contributed by atoms with E-state index < -0.39 is 6.09 Å². The van der Waals surface area contributed by atoms with Crippen molar-refractivity contribution < 1.29 is 14.3 Å². The third-order valence-corrected chi connectivity index (χ3v) is 7.13. The fraction of sp³-hybridized carbons (Fsp3) is 0.226. The fourth-order valence-electron chi connectivity index (χ4n) is 4.67. The van der Waals surface area contributed by atoms with Crippen LogP contribution in [0, 0.1) is 0 Å². The topological polar surface area (TPSA) is 100 Å². The molecular weight excluding hydrogens is 512 g/mol. The number of hydrogen-bond donors (Lipinski definition) is 3. The summed E-state index contributed by atoms with van der Waals surface area (Å²) in [6, 6.07) is 19.1. The van der Waals surface area contributed by atoms with Crippen molar-refractivity contribution in [2.24, 2.45) is 5.73 Å². The largest absolute Gasteiger partial charge is 0.410 e. The van der Waals surface area contributed by atoms with Crippen molar-refractivity contribution in [3.8, 4) is 5.75 Å². The number of halogens is 1. The van der Waals surface area contributed by atoms with E-state index >= 15 is 0 Å². The summed E-state index contributed by atoms with van der Waals surface area (Å²) in [5.74, 6) is -0.191. The number of carbonyl (C=O) groups excluding carboxylic acids is 2. The zero-order chi connectivity index (χ0) is 27.7. The van der Waals surface area contributed by atoms with Gasteiger partial charge in [-0.05, 0) is 69.5 Å². The number of rotatable bonds is 6. The van der Waals surface area contributed by atoms with Gasteiger partial charge in [0.15, 0.2) is 5.75 Å². The molecule has 0 bridgehead atoms. The van der Waals surface area contributed by atoms with Gasteiger partial charge in [-0.2, -0.15) is 0 Å². The van der Waals surface area contributed by atoms with Gasteiger partial charge < -0.3 is 20.8 Å². The molecule has 0 spiro atoms. The number of anilines is 1. The summed E-state index contributed by atoms with van der Waals surface area (Å²) >= 11 is 6.57. The van der Waals surface area contributed by atoms with E-state index in [-0.39, 0.29) is 17.1 Å². The Balaban J connectivity index is 1.25. The van der Waals surface area contributed by atoms with Crippen LogP contribution in [0.2, 0.25) is 5.02 Å². The van der Waals surface area contributed by atoms with E-state index in [1.807, 2.05) is 18.3 Å². The maximum atomic E-state index is 13.1. The smallest absolute Gasteiger partial charge is 0.408 e. The number of hydrogen-bond acceptors (Lipinski definition) is 4. The van der Waals surface area contributed by atoms with E-state index in [9.17, 15) is 9.59 Å². The van der Waals surface area contributed by atoms with E-state index in [2.05, 4.69) is 66.3 Å². The second-order valence-corrected chi connectivity index (χ2v) is 11.3. The van der Waals surface area contributed by atoms with Gasteiger partial charge in [-0.1, -0.05) is 62.7 Å². The summed E-state index contributed by atoms with van der Waals surface area (Å²) < 4.78 is 5.10. The van der Waals surface area contributed by atoms with E-state index in [1.165, 1.54) is 16.5 Å². The monoisotopic (exact) mass is 542 g/mol. The molecular formula is C31H31ClN4O3. The molecule has 4 aromatic rings. The highest BCUT2D eigenvalue weighted by molar-refractivity contribution is 6.32. The third kappa shape index (κ3) is 6.16. The summed E-state index contributed by atoms with van der Waals surface area (Å²) in [4.78, 5) is 30.1. The second-order valence-electron chi connectivity index (χ2n) is 10.9. The number of amides is 2. The molecule has 0 unspecified atom stereocenters. The summed E-state index contributed by atoms with van der Waals surface area (Å²) in [7, 11) is 0. The lowest BCUT2D eigenvalue weighted by Crippen LogP contribution is -2.39. The highest BCUT2D eigenvalue weighted by atomic mass is 35.5. The Morgan fingerprint density at radius 1 is 1.08 bits per heavy atom. The number of nitrogens with two attached hydrogens (primary N) is 1. The molecule has 0 radical (unpaired) electrons. The van der Waals surface area contributed by atoms with Crippen LogP contribution in [0.25, 0.3) is 17.0 Å². The number of aromatic amines is 1. The molecule has 2 amide bonds. The van der Waals surface area contributed by atoms with Gasteiger partial charge in [-0.3, -0.25) is 9.69 Å². The number of aromatic nitrogens is 1. The molecule has 1 saturated heterocycles. The lowest BCUT2D eigenvalue weighted by Gasteiger charge is -2.34. The van der Waals surface area contributed by atoms with Gasteiger partial charge in [-0.15, -0.1) is 0 Å². The van der Waals surface area contributed by atoms with Crippen LogP contribution in [0.1, 0.15) is 47.8 Å².